The van der Waals surface area contributed by atoms with Gasteiger partial charge < -0.3 is 9.84 Å². The largest absolute Gasteiger partial charge is 0.507 e. The molecule has 1 fully saturated rings. The Morgan fingerprint density at radius 1 is 1.05 bits per heavy atom. The number of carbonyl (C=O) groups is 2. The number of aliphatic hydroxyl groups excluding tert-OH is 1. The average molecular weight is 561 g/mol. The minimum absolute atomic E-state index is 0.0167. The van der Waals surface area contributed by atoms with E-state index in [0.29, 0.717) is 39.2 Å². The van der Waals surface area contributed by atoms with Gasteiger partial charge >= 0.3 is 5.91 Å². The Bertz CT molecular complexity index is 1580. The van der Waals surface area contributed by atoms with E-state index in [1.807, 2.05) is 31.2 Å². The Kier molecular flexibility index (Phi) is 7.23. The zero-order chi connectivity index (χ0) is 27.9. The van der Waals surface area contributed by atoms with Gasteiger partial charge in [-0.3, -0.25) is 14.5 Å². The van der Waals surface area contributed by atoms with Crippen molar-refractivity contribution in [1.82, 2.24) is 4.98 Å². The Hall–Kier alpha value is -3.68. The summed E-state index contributed by atoms with van der Waals surface area (Å²) in [5, 5.41) is 12.4. The third-order valence-corrected chi connectivity index (χ3v) is 7.94. The van der Waals surface area contributed by atoms with Crippen LogP contribution in [-0.2, 0) is 15.0 Å². The number of amides is 1. The third kappa shape index (κ3) is 5.16. The maximum absolute atomic E-state index is 13.5. The molecule has 5 rings (SSSR count). The topological polar surface area (TPSA) is 79.7 Å². The van der Waals surface area contributed by atoms with Crippen molar-refractivity contribution < 1.29 is 19.4 Å². The van der Waals surface area contributed by atoms with Crippen molar-refractivity contribution in [2.75, 3.05) is 11.5 Å². The highest BCUT2D eigenvalue weighted by atomic mass is 35.5. The molecule has 2 heterocycles. The number of Topliss-reactive ketones (excluding diaryl/α,β-unsaturated/α-hetero) is 1. The standard InChI is InChI=1S/C31H29ClN2O4S/c1-5-16-38-22-13-8-19(9-14-22)27(35)25-26(18-6-10-20(11-7-18)31(2,3)4)34(29(37)28(25)36)30-33-23-15-12-21(32)17-24(23)39-30/h6-15,17,26,35H,5,16H2,1-4H3. The van der Waals surface area contributed by atoms with Crippen LogP contribution >= 0.6 is 22.9 Å². The summed E-state index contributed by atoms with van der Waals surface area (Å²) in [7, 11) is 0. The molecule has 0 spiro atoms. The number of fused-ring (bicyclic) bond motifs is 1. The van der Waals surface area contributed by atoms with E-state index in [-0.39, 0.29) is 16.7 Å². The summed E-state index contributed by atoms with van der Waals surface area (Å²) in [6.45, 7) is 8.96. The first-order valence-corrected chi connectivity index (χ1v) is 14.0. The number of benzene rings is 3. The molecule has 1 aromatic heterocycles. The fraction of sp³-hybridized carbons (Fsp3) is 0.258. The van der Waals surface area contributed by atoms with E-state index in [1.165, 1.54) is 16.2 Å². The lowest BCUT2D eigenvalue weighted by Gasteiger charge is -2.24. The molecule has 1 unspecified atom stereocenters. The van der Waals surface area contributed by atoms with Gasteiger partial charge in [0.05, 0.1) is 28.4 Å². The van der Waals surface area contributed by atoms with Crippen molar-refractivity contribution in [2.45, 2.75) is 45.6 Å². The molecule has 4 aromatic rings. The summed E-state index contributed by atoms with van der Waals surface area (Å²) in [4.78, 5) is 33.1. The molecule has 0 aliphatic carbocycles. The minimum Gasteiger partial charge on any atom is -0.507 e. The molecule has 1 saturated heterocycles. The highest BCUT2D eigenvalue weighted by Crippen LogP contribution is 2.45. The molecule has 39 heavy (non-hydrogen) atoms. The van der Waals surface area contributed by atoms with Gasteiger partial charge in [0.2, 0.25) is 0 Å². The zero-order valence-corrected chi connectivity index (χ0v) is 23.8. The maximum atomic E-state index is 13.5. The molecule has 8 heteroatoms. The number of nitrogens with zero attached hydrogens (tertiary/aromatic N) is 2. The van der Waals surface area contributed by atoms with Crippen LogP contribution in [0.25, 0.3) is 16.0 Å². The number of anilines is 1. The quantitative estimate of drug-likeness (QED) is 0.149. The normalized spacial score (nSPS) is 17.3. The molecule has 1 N–H and O–H groups in total. The van der Waals surface area contributed by atoms with Gasteiger partial charge in [-0.25, -0.2) is 4.98 Å². The van der Waals surface area contributed by atoms with Gasteiger partial charge in [0, 0.05) is 10.6 Å². The summed E-state index contributed by atoms with van der Waals surface area (Å²) in [5.41, 5.74) is 2.84. The van der Waals surface area contributed by atoms with Gasteiger partial charge in [-0.15, -0.1) is 0 Å². The van der Waals surface area contributed by atoms with E-state index in [4.69, 9.17) is 16.3 Å². The van der Waals surface area contributed by atoms with E-state index >= 15 is 0 Å². The van der Waals surface area contributed by atoms with Crippen molar-refractivity contribution >= 4 is 55.7 Å². The van der Waals surface area contributed by atoms with Gasteiger partial charge in [-0.1, -0.05) is 74.9 Å². The predicted molar refractivity (Wildman–Crippen MR) is 157 cm³/mol. The molecule has 0 saturated carbocycles. The van der Waals surface area contributed by atoms with Gasteiger partial charge in [-0.2, -0.15) is 0 Å². The zero-order valence-electron chi connectivity index (χ0n) is 22.2. The Labute approximate surface area is 236 Å². The van der Waals surface area contributed by atoms with E-state index in [9.17, 15) is 14.7 Å². The number of aliphatic hydroxyl groups is 1. The monoisotopic (exact) mass is 560 g/mol. The van der Waals surface area contributed by atoms with E-state index in [1.54, 1.807) is 42.5 Å². The lowest BCUT2D eigenvalue weighted by Crippen LogP contribution is -2.29. The van der Waals surface area contributed by atoms with Crippen molar-refractivity contribution in [1.29, 1.82) is 0 Å². The smallest absolute Gasteiger partial charge is 0.301 e. The minimum atomic E-state index is -0.855. The van der Waals surface area contributed by atoms with Crippen molar-refractivity contribution in [2.24, 2.45) is 0 Å². The van der Waals surface area contributed by atoms with E-state index in [0.717, 1.165) is 16.7 Å². The Morgan fingerprint density at radius 2 is 1.74 bits per heavy atom. The van der Waals surface area contributed by atoms with Crippen LogP contribution in [-0.4, -0.2) is 28.4 Å². The number of carbonyl (C=O) groups excluding carboxylic acids is 2. The second kappa shape index (κ2) is 10.5. The number of ether oxygens (including phenoxy) is 1. The number of rotatable bonds is 6. The molecule has 1 amide bonds. The molecular formula is C31H29ClN2O4S. The van der Waals surface area contributed by atoms with Crippen molar-refractivity contribution in [3.05, 3.63) is 94.0 Å². The van der Waals surface area contributed by atoms with Gasteiger partial charge in [0.1, 0.15) is 11.5 Å². The van der Waals surface area contributed by atoms with Gasteiger partial charge in [0.25, 0.3) is 5.78 Å². The summed E-state index contributed by atoms with van der Waals surface area (Å²) < 4.78 is 6.45. The summed E-state index contributed by atoms with van der Waals surface area (Å²) in [6, 6.07) is 19.1. The summed E-state index contributed by atoms with van der Waals surface area (Å²) >= 11 is 7.46. The second-order valence-corrected chi connectivity index (χ2v) is 12.0. The number of hydrogen-bond acceptors (Lipinski definition) is 6. The molecule has 0 bridgehead atoms. The highest BCUT2D eigenvalue weighted by Gasteiger charge is 2.48. The van der Waals surface area contributed by atoms with Crippen molar-refractivity contribution in [3.63, 3.8) is 0 Å². The van der Waals surface area contributed by atoms with Crippen LogP contribution in [0.3, 0.4) is 0 Å². The lowest BCUT2D eigenvalue weighted by molar-refractivity contribution is -0.132. The molecule has 200 valence electrons. The second-order valence-electron chi connectivity index (χ2n) is 10.5. The fourth-order valence-corrected chi connectivity index (χ4v) is 5.85. The first-order valence-electron chi connectivity index (χ1n) is 12.8. The summed E-state index contributed by atoms with van der Waals surface area (Å²) in [6.07, 6.45) is 0.872. The van der Waals surface area contributed by atoms with Gasteiger partial charge in [-0.05, 0) is 65.4 Å². The third-order valence-electron chi connectivity index (χ3n) is 6.68. The molecule has 6 nitrogen and oxygen atoms in total. The van der Waals surface area contributed by atoms with Crippen LogP contribution in [0, 0.1) is 0 Å². The predicted octanol–water partition coefficient (Wildman–Crippen LogP) is 7.66. The SMILES string of the molecule is CCCOc1ccc(C(O)=C2C(=O)C(=O)N(c3nc4ccc(Cl)cc4s3)C2c2ccc(C(C)(C)C)cc2)cc1. The van der Waals surface area contributed by atoms with Crippen LogP contribution in [0.5, 0.6) is 5.75 Å². The van der Waals surface area contributed by atoms with Crippen LogP contribution in [0.2, 0.25) is 5.02 Å². The average Bonchev–Trinajstić information content (AvgIpc) is 3.44. The molecule has 3 aromatic carbocycles. The lowest BCUT2D eigenvalue weighted by atomic mass is 9.85. The number of thiazole rings is 1. The van der Waals surface area contributed by atoms with Gasteiger partial charge in [0.15, 0.2) is 5.13 Å². The number of hydrogen-bond donors (Lipinski definition) is 1. The first kappa shape index (κ1) is 26.9. The van der Waals surface area contributed by atoms with Crippen LogP contribution < -0.4 is 9.64 Å². The molecule has 1 aliphatic rings. The van der Waals surface area contributed by atoms with E-state index in [2.05, 4.69) is 25.8 Å². The number of ketones is 1. The maximum Gasteiger partial charge on any atom is 0.301 e. The molecular weight excluding hydrogens is 532 g/mol. The number of halogens is 1. The Morgan fingerprint density at radius 3 is 2.38 bits per heavy atom. The van der Waals surface area contributed by atoms with E-state index < -0.39 is 17.7 Å². The van der Waals surface area contributed by atoms with Crippen LogP contribution in [0.4, 0.5) is 5.13 Å². The fourth-order valence-electron chi connectivity index (χ4n) is 4.58. The van der Waals surface area contributed by atoms with Crippen molar-refractivity contribution in [3.8, 4) is 5.75 Å². The first-order chi connectivity index (χ1) is 18.6. The Balaban J connectivity index is 1.65. The number of aromatic nitrogens is 1. The molecule has 1 atom stereocenters. The van der Waals surface area contributed by atoms with Crippen LogP contribution in [0.1, 0.15) is 56.8 Å². The molecule has 0 radical (unpaired) electrons. The molecule has 1 aliphatic heterocycles. The van der Waals surface area contributed by atoms with Crippen LogP contribution in [0.15, 0.2) is 72.3 Å². The summed E-state index contributed by atoms with van der Waals surface area (Å²) in [5.74, 6) is -1.08. The highest BCUT2D eigenvalue weighted by molar-refractivity contribution is 7.22.